The first-order valence-corrected chi connectivity index (χ1v) is 6.28. The van der Waals surface area contributed by atoms with Crippen molar-refractivity contribution in [2.24, 2.45) is 0 Å². The van der Waals surface area contributed by atoms with E-state index in [-0.39, 0.29) is 12.5 Å². The van der Waals surface area contributed by atoms with Crippen molar-refractivity contribution in [1.82, 2.24) is 0 Å². The predicted molar refractivity (Wildman–Crippen MR) is 70.3 cm³/mol. The molecule has 0 fully saturated rings. The van der Waals surface area contributed by atoms with E-state index in [9.17, 15) is 5.11 Å². The van der Waals surface area contributed by atoms with Crippen molar-refractivity contribution in [3.05, 3.63) is 27.7 Å². The van der Waals surface area contributed by atoms with E-state index in [2.05, 4.69) is 35.8 Å². The predicted octanol–water partition coefficient (Wildman–Crippen LogP) is 3.68. The molecule has 0 saturated carbocycles. The molecule has 1 unspecified atom stereocenters. The number of rotatable bonds is 4. The molecule has 90 valence electrons. The molecule has 0 amide bonds. The third-order valence-corrected chi connectivity index (χ3v) is 3.20. The van der Waals surface area contributed by atoms with Gasteiger partial charge in [0.2, 0.25) is 0 Å². The van der Waals surface area contributed by atoms with Crippen LogP contribution in [0.15, 0.2) is 16.6 Å². The lowest BCUT2D eigenvalue weighted by atomic mass is 9.89. The van der Waals surface area contributed by atoms with Crippen LogP contribution in [0.2, 0.25) is 0 Å². The molecule has 1 aromatic carbocycles. The van der Waals surface area contributed by atoms with Crippen molar-refractivity contribution in [2.45, 2.75) is 32.6 Å². The van der Waals surface area contributed by atoms with Gasteiger partial charge in [-0.1, -0.05) is 36.7 Å². The van der Waals surface area contributed by atoms with Crippen molar-refractivity contribution in [3.8, 4) is 5.75 Å². The Hall–Kier alpha value is -0.540. The lowest BCUT2D eigenvalue weighted by Gasteiger charge is -2.20. The molecule has 1 aromatic rings. The third-order valence-electron chi connectivity index (χ3n) is 2.74. The maximum Gasteiger partial charge on any atom is 0.123 e. The number of methoxy groups -OCH3 is 1. The Labute approximate surface area is 106 Å². The maximum absolute atomic E-state index is 9.29. The van der Waals surface area contributed by atoms with Crippen LogP contribution in [0.4, 0.5) is 0 Å². The zero-order valence-corrected chi connectivity index (χ0v) is 11.8. The second-order valence-corrected chi connectivity index (χ2v) is 5.26. The Morgan fingerprint density at radius 3 is 2.38 bits per heavy atom. The van der Waals surface area contributed by atoms with E-state index >= 15 is 0 Å². The van der Waals surface area contributed by atoms with Gasteiger partial charge in [-0.05, 0) is 23.6 Å². The number of ether oxygens (including phenoxy) is 1. The fourth-order valence-electron chi connectivity index (χ4n) is 1.91. The van der Waals surface area contributed by atoms with Crippen LogP contribution in [-0.2, 0) is 0 Å². The van der Waals surface area contributed by atoms with Gasteiger partial charge < -0.3 is 9.84 Å². The topological polar surface area (TPSA) is 29.5 Å². The Morgan fingerprint density at radius 2 is 1.94 bits per heavy atom. The average molecular weight is 287 g/mol. The van der Waals surface area contributed by atoms with Crippen LogP contribution in [0, 0.1) is 0 Å². The Morgan fingerprint density at radius 1 is 1.31 bits per heavy atom. The Bertz CT molecular complexity index is 361. The van der Waals surface area contributed by atoms with Gasteiger partial charge >= 0.3 is 0 Å². The molecule has 0 bridgehead atoms. The van der Waals surface area contributed by atoms with E-state index < -0.39 is 0 Å². The third kappa shape index (κ3) is 2.77. The van der Waals surface area contributed by atoms with E-state index in [1.807, 2.05) is 13.0 Å². The van der Waals surface area contributed by atoms with E-state index in [1.165, 1.54) is 5.56 Å². The van der Waals surface area contributed by atoms with Crippen molar-refractivity contribution < 1.29 is 9.84 Å². The summed E-state index contributed by atoms with van der Waals surface area (Å²) in [5, 5.41) is 9.29. The summed E-state index contributed by atoms with van der Waals surface area (Å²) < 4.78 is 6.40. The van der Waals surface area contributed by atoms with Crippen LogP contribution in [0.3, 0.4) is 0 Å². The highest BCUT2D eigenvalue weighted by molar-refractivity contribution is 9.10. The summed E-state index contributed by atoms with van der Waals surface area (Å²) in [7, 11) is 1.68. The summed E-state index contributed by atoms with van der Waals surface area (Å²) in [6.45, 7) is 6.45. The SMILES string of the molecule is COc1cc(Br)cc(C(C)CO)c1C(C)C. The normalized spacial score (nSPS) is 12.9. The molecule has 0 aliphatic heterocycles. The van der Waals surface area contributed by atoms with Crippen LogP contribution in [0.25, 0.3) is 0 Å². The number of halogens is 1. The van der Waals surface area contributed by atoms with Gasteiger partial charge in [0, 0.05) is 22.6 Å². The van der Waals surface area contributed by atoms with E-state index in [0.29, 0.717) is 5.92 Å². The molecular formula is C13H19BrO2. The van der Waals surface area contributed by atoms with Crippen molar-refractivity contribution in [3.63, 3.8) is 0 Å². The molecule has 16 heavy (non-hydrogen) atoms. The summed E-state index contributed by atoms with van der Waals surface area (Å²) in [6.07, 6.45) is 0. The summed E-state index contributed by atoms with van der Waals surface area (Å²) in [4.78, 5) is 0. The van der Waals surface area contributed by atoms with Crippen LogP contribution >= 0.6 is 15.9 Å². The molecular weight excluding hydrogens is 268 g/mol. The first kappa shape index (κ1) is 13.5. The minimum Gasteiger partial charge on any atom is -0.496 e. The molecule has 0 heterocycles. The second kappa shape index (κ2) is 5.69. The number of hydrogen-bond acceptors (Lipinski definition) is 2. The highest BCUT2D eigenvalue weighted by Gasteiger charge is 2.18. The van der Waals surface area contributed by atoms with Crippen molar-refractivity contribution in [2.75, 3.05) is 13.7 Å². The summed E-state index contributed by atoms with van der Waals surface area (Å²) in [6, 6.07) is 4.04. The Balaban J connectivity index is 3.38. The van der Waals surface area contributed by atoms with Gasteiger partial charge in [-0.15, -0.1) is 0 Å². The average Bonchev–Trinajstić information content (AvgIpc) is 2.26. The fourth-order valence-corrected chi connectivity index (χ4v) is 2.36. The van der Waals surface area contributed by atoms with Gasteiger partial charge in [-0.2, -0.15) is 0 Å². The van der Waals surface area contributed by atoms with Gasteiger partial charge in [0.15, 0.2) is 0 Å². The number of aliphatic hydroxyl groups is 1. The lowest BCUT2D eigenvalue weighted by Crippen LogP contribution is -2.07. The van der Waals surface area contributed by atoms with E-state index in [4.69, 9.17) is 4.74 Å². The van der Waals surface area contributed by atoms with Gasteiger partial charge in [-0.25, -0.2) is 0 Å². The zero-order chi connectivity index (χ0) is 12.3. The molecule has 0 aliphatic carbocycles. The second-order valence-electron chi connectivity index (χ2n) is 4.35. The first-order chi connectivity index (χ1) is 7.51. The Kier molecular flexibility index (Phi) is 4.81. The fraction of sp³-hybridized carbons (Fsp3) is 0.538. The van der Waals surface area contributed by atoms with Crippen LogP contribution in [0.5, 0.6) is 5.75 Å². The molecule has 3 heteroatoms. The summed E-state index contributed by atoms with van der Waals surface area (Å²) in [5.41, 5.74) is 2.34. The molecule has 0 aliphatic rings. The molecule has 0 saturated heterocycles. The van der Waals surface area contributed by atoms with Crippen LogP contribution in [0.1, 0.15) is 43.7 Å². The zero-order valence-electron chi connectivity index (χ0n) is 10.2. The number of aliphatic hydroxyl groups excluding tert-OH is 1. The van der Waals surface area contributed by atoms with Crippen molar-refractivity contribution in [1.29, 1.82) is 0 Å². The highest BCUT2D eigenvalue weighted by atomic mass is 79.9. The lowest BCUT2D eigenvalue weighted by molar-refractivity contribution is 0.272. The largest absolute Gasteiger partial charge is 0.496 e. The van der Waals surface area contributed by atoms with Gasteiger partial charge in [0.05, 0.1) is 7.11 Å². The van der Waals surface area contributed by atoms with Gasteiger partial charge in [0.25, 0.3) is 0 Å². The molecule has 0 aromatic heterocycles. The first-order valence-electron chi connectivity index (χ1n) is 5.49. The van der Waals surface area contributed by atoms with Gasteiger partial charge in [0.1, 0.15) is 5.75 Å². The van der Waals surface area contributed by atoms with Crippen LogP contribution in [-0.4, -0.2) is 18.8 Å². The number of benzene rings is 1. The summed E-state index contributed by atoms with van der Waals surface area (Å²) >= 11 is 3.47. The van der Waals surface area contributed by atoms with Crippen molar-refractivity contribution >= 4 is 15.9 Å². The molecule has 1 atom stereocenters. The molecule has 1 N–H and O–H groups in total. The maximum atomic E-state index is 9.29. The molecule has 0 spiro atoms. The molecule has 1 rings (SSSR count). The standard InChI is InChI=1S/C13H19BrO2/c1-8(2)13-11(9(3)7-15)5-10(14)6-12(13)16-4/h5-6,8-9,15H,7H2,1-4H3. The quantitative estimate of drug-likeness (QED) is 0.915. The van der Waals surface area contributed by atoms with E-state index in [1.54, 1.807) is 7.11 Å². The van der Waals surface area contributed by atoms with Gasteiger partial charge in [-0.3, -0.25) is 0 Å². The molecule has 0 radical (unpaired) electrons. The minimum atomic E-state index is 0.129. The van der Waals surface area contributed by atoms with E-state index in [0.717, 1.165) is 15.8 Å². The smallest absolute Gasteiger partial charge is 0.123 e. The minimum absolute atomic E-state index is 0.129. The molecule has 2 nitrogen and oxygen atoms in total. The monoisotopic (exact) mass is 286 g/mol. The summed E-state index contributed by atoms with van der Waals surface area (Å²) in [5.74, 6) is 1.40. The number of hydrogen-bond donors (Lipinski definition) is 1. The highest BCUT2D eigenvalue weighted by Crippen LogP contribution is 2.36. The van der Waals surface area contributed by atoms with Crippen LogP contribution < -0.4 is 4.74 Å².